The number of carbonyl (C=O) groups excluding carboxylic acids is 2. The molecule has 4 nitrogen and oxygen atoms in total. The van der Waals surface area contributed by atoms with Crippen LogP contribution in [0.2, 0.25) is 0 Å². The van der Waals surface area contributed by atoms with Crippen LogP contribution in [0.15, 0.2) is 42.5 Å². The predicted octanol–water partition coefficient (Wildman–Crippen LogP) is 4.36. The largest absolute Gasteiger partial charge is 0.339 e. The molecule has 0 aromatic heterocycles. The van der Waals surface area contributed by atoms with E-state index in [2.05, 4.69) is 12.2 Å². The number of hydrogen-bond donors (Lipinski definition) is 1. The maximum atomic E-state index is 12.7. The maximum absolute atomic E-state index is 12.7. The first-order chi connectivity index (χ1) is 13.0. The van der Waals surface area contributed by atoms with Gasteiger partial charge in [0.15, 0.2) is 0 Å². The molecule has 1 N–H and O–H groups in total. The van der Waals surface area contributed by atoms with Gasteiger partial charge in [0.05, 0.1) is 0 Å². The molecule has 0 radical (unpaired) electrons. The van der Waals surface area contributed by atoms with Crippen molar-refractivity contribution in [2.75, 3.05) is 18.4 Å². The number of anilines is 1. The highest BCUT2D eigenvalue weighted by molar-refractivity contribution is 5.95. The first-order valence-corrected chi connectivity index (χ1v) is 9.75. The van der Waals surface area contributed by atoms with Crippen LogP contribution in [0.3, 0.4) is 0 Å². The number of nitrogens with one attached hydrogen (secondary N) is 1. The van der Waals surface area contributed by atoms with E-state index in [1.807, 2.05) is 61.2 Å². The highest BCUT2D eigenvalue weighted by atomic mass is 16.2. The third kappa shape index (κ3) is 4.38. The second-order valence-corrected chi connectivity index (χ2v) is 7.37. The average molecular weight is 364 g/mol. The van der Waals surface area contributed by atoms with E-state index in [0.29, 0.717) is 25.9 Å². The van der Waals surface area contributed by atoms with Crippen molar-refractivity contribution in [3.8, 4) is 0 Å². The number of amides is 2. The summed E-state index contributed by atoms with van der Waals surface area (Å²) in [5, 5.41) is 3.08. The monoisotopic (exact) mass is 364 g/mol. The van der Waals surface area contributed by atoms with Gasteiger partial charge in [0.2, 0.25) is 5.91 Å². The van der Waals surface area contributed by atoms with Crippen LogP contribution >= 0.6 is 0 Å². The van der Waals surface area contributed by atoms with Gasteiger partial charge in [0.1, 0.15) is 0 Å². The van der Waals surface area contributed by atoms with Crippen molar-refractivity contribution in [3.05, 3.63) is 64.7 Å². The van der Waals surface area contributed by atoms with E-state index in [1.54, 1.807) is 0 Å². The van der Waals surface area contributed by atoms with Crippen molar-refractivity contribution in [1.29, 1.82) is 0 Å². The molecule has 1 heterocycles. The summed E-state index contributed by atoms with van der Waals surface area (Å²) in [6.07, 6.45) is 2.30. The average Bonchev–Trinajstić information content (AvgIpc) is 2.70. The van der Waals surface area contributed by atoms with E-state index >= 15 is 0 Å². The van der Waals surface area contributed by atoms with Gasteiger partial charge in [-0.05, 0) is 68.0 Å². The smallest absolute Gasteiger partial charge is 0.253 e. The molecule has 0 spiro atoms. The molecular formula is C23H28N2O2. The fourth-order valence-electron chi connectivity index (χ4n) is 3.59. The van der Waals surface area contributed by atoms with Crippen LogP contribution in [0.25, 0.3) is 0 Å². The van der Waals surface area contributed by atoms with E-state index in [9.17, 15) is 9.59 Å². The lowest BCUT2D eigenvalue weighted by Crippen LogP contribution is -2.41. The summed E-state index contributed by atoms with van der Waals surface area (Å²) in [6, 6.07) is 13.8. The molecule has 0 bridgehead atoms. The quantitative estimate of drug-likeness (QED) is 0.876. The van der Waals surface area contributed by atoms with E-state index in [1.165, 1.54) is 5.56 Å². The van der Waals surface area contributed by atoms with E-state index < -0.39 is 0 Å². The number of para-hydroxylation sites is 1. The van der Waals surface area contributed by atoms with Crippen LogP contribution in [-0.4, -0.2) is 29.8 Å². The molecule has 2 aromatic rings. The molecule has 0 unspecified atom stereocenters. The second kappa shape index (κ2) is 8.38. The van der Waals surface area contributed by atoms with Gasteiger partial charge < -0.3 is 10.2 Å². The van der Waals surface area contributed by atoms with Crippen LogP contribution in [0, 0.1) is 19.8 Å². The first-order valence-electron chi connectivity index (χ1n) is 9.75. The molecule has 27 heavy (non-hydrogen) atoms. The Morgan fingerprint density at radius 2 is 1.74 bits per heavy atom. The Kier molecular flexibility index (Phi) is 5.94. The van der Waals surface area contributed by atoms with Crippen molar-refractivity contribution < 1.29 is 9.59 Å². The lowest BCUT2D eigenvalue weighted by molar-refractivity contribution is -0.121. The van der Waals surface area contributed by atoms with Gasteiger partial charge in [-0.3, -0.25) is 9.59 Å². The Morgan fingerprint density at radius 1 is 1.04 bits per heavy atom. The molecule has 0 saturated carbocycles. The van der Waals surface area contributed by atoms with Gasteiger partial charge in [-0.15, -0.1) is 0 Å². The summed E-state index contributed by atoms with van der Waals surface area (Å²) in [5.74, 6) is 0.0844. The maximum Gasteiger partial charge on any atom is 0.253 e. The van der Waals surface area contributed by atoms with E-state index in [0.717, 1.165) is 28.8 Å². The summed E-state index contributed by atoms with van der Waals surface area (Å²) in [4.78, 5) is 27.3. The van der Waals surface area contributed by atoms with E-state index in [4.69, 9.17) is 0 Å². The van der Waals surface area contributed by atoms with Crippen molar-refractivity contribution in [1.82, 2.24) is 4.90 Å². The van der Waals surface area contributed by atoms with Crippen LogP contribution in [0.4, 0.5) is 5.69 Å². The molecule has 1 aliphatic rings. The molecule has 1 aliphatic heterocycles. The Balaban J connectivity index is 1.58. The summed E-state index contributed by atoms with van der Waals surface area (Å²) in [6.45, 7) is 7.40. The number of piperidine rings is 1. The molecule has 1 fully saturated rings. The van der Waals surface area contributed by atoms with Crippen molar-refractivity contribution in [2.24, 2.45) is 5.92 Å². The first kappa shape index (κ1) is 19.2. The lowest BCUT2D eigenvalue weighted by atomic mass is 9.94. The third-order valence-electron chi connectivity index (χ3n) is 5.56. The van der Waals surface area contributed by atoms with Crippen molar-refractivity contribution in [3.63, 3.8) is 0 Å². The molecule has 1 saturated heterocycles. The normalized spacial score (nSPS) is 14.9. The highest BCUT2D eigenvalue weighted by Gasteiger charge is 2.28. The van der Waals surface area contributed by atoms with E-state index in [-0.39, 0.29) is 17.7 Å². The van der Waals surface area contributed by atoms with Gasteiger partial charge in [0.25, 0.3) is 5.91 Å². The summed E-state index contributed by atoms with van der Waals surface area (Å²) in [7, 11) is 0. The van der Waals surface area contributed by atoms with Gasteiger partial charge >= 0.3 is 0 Å². The van der Waals surface area contributed by atoms with Crippen LogP contribution in [0.5, 0.6) is 0 Å². The molecular weight excluding hydrogens is 336 g/mol. The molecule has 142 valence electrons. The molecule has 3 rings (SSSR count). The Hall–Kier alpha value is -2.62. The zero-order valence-corrected chi connectivity index (χ0v) is 16.4. The second-order valence-electron chi connectivity index (χ2n) is 7.37. The zero-order valence-electron chi connectivity index (χ0n) is 16.4. The van der Waals surface area contributed by atoms with Gasteiger partial charge in [-0.25, -0.2) is 0 Å². The minimum absolute atomic E-state index is 0.0429. The van der Waals surface area contributed by atoms with Gasteiger partial charge in [-0.2, -0.15) is 0 Å². The Morgan fingerprint density at radius 3 is 2.41 bits per heavy atom. The predicted molar refractivity (Wildman–Crippen MR) is 109 cm³/mol. The molecule has 0 atom stereocenters. The Labute approximate surface area is 161 Å². The van der Waals surface area contributed by atoms with Crippen molar-refractivity contribution in [2.45, 2.75) is 40.0 Å². The number of likely N-dealkylation sites (tertiary alicyclic amines) is 1. The molecule has 4 heteroatoms. The highest BCUT2D eigenvalue weighted by Crippen LogP contribution is 2.23. The van der Waals surface area contributed by atoms with Crippen LogP contribution < -0.4 is 5.32 Å². The summed E-state index contributed by atoms with van der Waals surface area (Å²) in [5.41, 5.74) is 5.10. The minimum atomic E-state index is -0.0429. The standard InChI is InChI=1S/C23H28N2O2/c1-4-18-7-5-6-8-21(18)24-22(26)19-11-13-25(14-12-19)23(27)20-10-9-16(2)17(3)15-20/h5-10,15,19H,4,11-14H2,1-3H3,(H,24,26). The summed E-state index contributed by atoms with van der Waals surface area (Å²) < 4.78 is 0. The molecule has 2 aromatic carbocycles. The SMILES string of the molecule is CCc1ccccc1NC(=O)C1CCN(C(=O)c2ccc(C)c(C)c2)CC1. The fourth-order valence-corrected chi connectivity index (χ4v) is 3.59. The topological polar surface area (TPSA) is 49.4 Å². The molecule has 2 amide bonds. The fraction of sp³-hybridized carbons (Fsp3) is 0.391. The molecule has 0 aliphatic carbocycles. The number of rotatable bonds is 4. The number of benzene rings is 2. The van der Waals surface area contributed by atoms with Crippen LogP contribution in [0.1, 0.15) is 46.8 Å². The number of carbonyl (C=O) groups is 2. The third-order valence-corrected chi connectivity index (χ3v) is 5.56. The number of hydrogen-bond acceptors (Lipinski definition) is 2. The lowest BCUT2D eigenvalue weighted by Gasteiger charge is -2.31. The van der Waals surface area contributed by atoms with Gasteiger partial charge in [0, 0.05) is 30.3 Å². The number of nitrogens with zero attached hydrogens (tertiary/aromatic N) is 1. The summed E-state index contributed by atoms with van der Waals surface area (Å²) >= 11 is 0. The Bertz CT molecular complexity index is 836. The van der Waals surface area contributed by atoms with Gasteiger partial charge in [-0.1, -0.05) is 31.2 Å². The van der Waals surface area contributed by atoms with Crippen molar-refractivity contribution >= 4 is 17.5 Å². The number of aryl methyl sites for hydroxylation is 3. The zero-order chi connectivity index (χ0) is 19.4. The minimum Gasteiger partial charge on any atom is -0.339 e. The van der Waals surface area contributed by atoms with Crippen LogP contribution in [-0.2, 0) is 11.2 Å².